The van der Waals surface area contributed by atoms with Gasteiger partial charge >= 0.3 is 5.69 Å². The standard InChI is InChI=1S/C24H28N4O3/c1-15-13-16-7-5-6-8-17(16)28-19(15)26-27(21(28)31)12-11-25-20(30)24-10-9-23(4,18(29)14-24)22(24,2)3/h5-8,13H,9-12,14H2,1-4H3,(H,25,30). The molecule has 7 nitrogen and oxygen atoms in total. The van der Waals surface area contributed by atoms with Crippen molar-refractivity contribution in [3.8, 4) is 0 Å². The lowest BCUT2D eigenvalue weighted by Crippen LogP contribution is -2.47. The minimum absolute atomic E-state index is 0.0782. The first-order chi connectivity index (χ1) is 14.6. The summed E-state index contributed by atoms with van der Waals surface area (Å²) in [7, 11) is 0. The van der Waals surface area contributed by atoms with Gasteiger partial charge in [-0.25, -0.2) is 13.9 Å². The Bertz CT molecular complexity index is 1320. The van der Waals surface area contributed by atoms with Crippen molar-refractivity contribution in [3.05, 3.63) is 46.4 Å². The lowest BCUT2D eigenvalue weighted by molar-refractivity contribution is -0.136. The van der Waals surface area contributed by atoms with Crippen molar-refractivity contribution in [1.82, 2.24) is 19.5 Å². The van der Waals surface area contributed by atoms with E-state index in [4.69, 9.17) is 0 Å². The number of pyridine rings is 1. The largest absolute Gasteiger partial charge is 0.354 e. The predicted molar refractivity (Wildman–Crippen MR) is 118 cm³/mol. The van der Waals surface area contributed by atoms with Crippen LogP contribution in [0.5, 0.6) is 0 Å². The minimum Gasteiger partial charge on any atom is -0.354 e. The number of ketones is 1. The molecule has 2 heterocycles. The van der Waals surface area contributed by atoms with Crippen LogP contribution < -0.4 is 11.0 Å². The molecule has 0 spiro atoms. The molecule has 1 N–H and O–H groups in total. The number of carbonyl (C=O) groups is 2. The molecule has 0 radical (unpaired) electrons. The Kier molecular flexibility index (Phi) is 4.04. The molecule has 3 aromatic rings. The van der Waals surface area contributed by atoms with Crippen molar-refractivity contribution < 1.29 is 9.59 Å². The van der Waals surface area contributed by atoms with Crippen molar-refractivity contribution in [1.29, 1.82) is 0 Å². The molecule has 1 aromatic carbocycles. The van der Waals surface area contributed by atoms with E-state index in [1.807, 2.05) is 58.0 Å². The van der Waals surface area contributed by atoms with Crippen LogP contribution in [0.4, 0.5) is 0 Å². The number of para-hydroxylation sites is 1. The number of nitrogens with one attached hydrogen (secondary N) is 1. The van der Waals surface area contributed by atoms with Crippen LogP contribution in [0.25, 0.3) is 16.6 Å². The summed E-state index contributed by atoms with van der Waals surface area (Å²) in [5.74, 6) is 0.114. The molecule has 7 heteroatoms. The average molecular weight is 421 g/mol. The predicted octanol–water partition coefficient (Wildman–Crippen LogP) is 2.86. The summed E-state index contributed by atoms with van der Waals surface area (Å²) in [5.41, 5.74) is 0.691. The lowest BCUT2D eigenvalue weighted by Gasteiger charge is -2.38. The summed E-state index contributed by atoms with van der Waals surface area (Å²) in [6.45, 7) is 8.61. The number of benzene rings is 1. The van der Waals surface area contributed by atoms with E-state index in [9.17, 15) is 14.4 Å². The first-order valence-electron chi connectivity index (χ1n) is 10.9. The van der Waals surface area contributed by atoms with Crippen molar-refractivity contribution in [2.45, 2.75) is 53.5 Å². The van der Waals surface area contributed by atoms with Gasteiger partial charge in [-0.05, 0) is 48.3 Å². The Labute approximate surface area is 180 Å². The SMILES string of the molecule is Cc1cc2ccccc2n2c(=O)n(CCNC(=O)C34CCC(C)(C(=O)C3)C4(C)C)nc12. The van der Waals surface area contributed by atoms with Gasteiger partial charge in [0.2, 0.25) is 5.91 Å². The number of fused-ring (bicyclic) bond motifs is 5. The fourth-order valence-electron chi connectivity index (χ4n) is 5.94. The summed E-state index contributed by atoms with van der Waals surface area (Å²) in [6.07, 6.45) is 1.79. The molecule has 0 saturated heterocycles. The summed E-state index contributed by atoms with van der Waals surface area (Å²) in [4.78, 5) is 38.9. The Morgan fingerprint density at radius 1 is 1.16 bits per heavy atom. The van der Waals surface area contributed by atoms with Crippen molar-refractivity contribution in [3.63, 3.8) is 0 Å². The molecule has 5 rings (SSSR count). The van der Waals surface area contributed by atoms with Gasteiger partial charge in [0.15, 0.2) is 5.65 Å². The van der Waals surface area contributed by atoms with Crippen molar-refractivity contribution in [2.24, 2.45) is 16.2 Å². The van der Waals surface area contributed by atoms with Crippen LogP contribution in [0.1, 0.15) is 45.6 Å². The third-order valence-corrected chi connectivity index (χ3v) is 8.49. The lowest BCUT2D eigenvalue weighted by atomic mass is 9.64. The van der Waals surface area contributed by atoms with Crippen LogP contribution in [0.3, 0.4) is 0 Å². The maximum atomic E-state index is 13.2. The van der Waals surface area contributed by atoms with E-state index in [0.717, 1.165) is 29.3 Å². The molecule has 2 saturated carbocycles. The molecule has 31 heavy (non-hydrogen) atoms. The third kappa shape index (κ3) is 2.40. The number of aryl methyl sites for hydroxylation is 1. The number of aromatic nitrogens is 3. The van der Waals surface area contributed by atoms with Crippen LogP contribution in [-0.4, -0.2) is 32.4 Å². The van der Waals surface area contributed by atoms with E-state index in [1.54, 1.807) is 4.40 Å². The highest BCUT2D eigenvalue weighted by molar-refractivity contribution is 5.99. The van der Waals surface area contributed by atoms with Gasteiger partial charge in [-0.15, -0.1) is 5.10 Å². The van der Waals surface area contributed by atoms with Crippen molar-refractivity contribution in [2.75, 3.05) is 6.54 Å². The molecular formula is C24H28N4O3. The molecule has 2 atom stereocenters. The van der Waals surface area contributed by atoms with Gasteiger partial charge < -0.3 is 5.32 Å². The number of amides is 1. The number of hydrogen-bond donors (Lipinski definition) is 1. The summed E-state index contributed by atoms with van der Waals surface area (Å²) in [5, 5.41) is 8.51. The fraction of sp³-hybridized carbons (Fsp3) is 0.500. The Balaban J connectivity index is 1.39. The number of Topliss-reactive ketones (excluding diaryl/α,β-unsaturated/α-hetero) is 1. The number of carbonyl (C=O) groups excluding carboxylic acids is 2. The maximum absolute atomic E-state index is 13.2. The van der Waals surface area contributed by atoms with Crippen molar-refractivity contribution >= 4 is 28.2 Å². The zero-order chi connectivity index (χ0) is 22.2. The molecule has 162 valence electrons. The summed E-state index contributed by atoms with van der Waals surface area (Å²) < 4.78 is 3.04. The van der Waals surface area contributed by atoms with E-state index >= 15 is 0 Å². The molecular weight excluding hydrogens is 392 g/mol. The van der Waals surface area contributed by atoms with E-state index in [1.165, 1.54) is 4.68 Å². The second-order valence-electron chi connectivity index (χ2n) is 9.95. The smallest absolute Gasteiger partial charge is 0.350 e. The zero-order valence-corrected chi connectivity index (χ0v) is 18.5. The van der Waals surface area contributed by atoms with E-state index in [2.05, 4.69) is 10.4 Å². The number of hydrogen-bond acceptors (Lipinski definition) is 4. The van der Waals surface area contributed by atoms with E-state index in [0.29, 0.717) is 18.6 Å². The minimum atomic E-state index is -0.657. The Morgan fingerprint density at radius 3 is 2.58 bits per heavy atom. The summed E-state index contributed by atoms with van der Waals surface area (Å²) >= 11 is 0. The first-order valence-corrected chi connectivity index (χ1v) is 10.9. The molecule has 0 aliphatic heterocycles. The highest BCUT2D eigenvalue weighted by Crippen LogP contribution is 2.70. The van der Waals surface area contributed by atoms with Gasteiger partial charge in [0.25, 0.3) is 0 Å². The van der Waals surface area contributed by atoms with Gasteiger partial charge in [-0.3, -0.25) is 9.59 Å². The second-order valence-corrected chi connectivity index (χ2v) is 9.95. The topological polar surface area (TPSA) is 85.5 Å². The van der Waals surface area contributed by atoms with Crippen LogP contribution in [0, 0.1) is 23.2 Å². The van der Waals surface area contributed by atoms with Crippen LogP contribution in [0.15, 0.2) is 35.1 Å². The van der Waals surface area contributed by atoms with Gasteiger partial charge in [0, 0.05) is 18.4 Å². The number of nitrogens with zero attached hydrogens (tertiary/aromatic N) is 3. The molecule has 2 aliphatic carbocycles. The number of rotatable bonds is 4. The highest BCUT2D eigenvalue weighted by atomic mass is 16.2. The maximum Gasteiger partial charge on any atom is 0.350 e. The Morgan fingerprint density at radius 2 is 1.90 bits per heavy atom. The van der Waals surface area contributed by atoms with Gasteiger partial charge in [0.1, 0.15) is 5.78 Å². The molecule has 2 unspecified atom stereocenters. The monoisotopic (exact) mass is 420 g/mol. The zero-order valence-electron chi connectivity index (χ0n) is 18.5. The van der Waals surface area contributed by atoms with Crippen LogP contribution in [0.2, 0.25) is 0 Å². The fourth-order valence-corrected chi connectivity index (χ4v) is 5.94. The van der Waals surface area contributed by atoms with Gasteiger partial charge in [-0.1, -0.05) is 39.0 Å². The molecule has 1 amide bonds. The summed E-state index contributed by atoms with van der Waals surface area (Å²) in [6, 6.07) is 9.76. The highest BCUT2D eigenvalue weighted by Gasteiger charge is 2.72. The van der Waals surface area contributed by atoms with E-state index in [-0.39, 0.29) is 29.3 Å². The quantitative estimate of drug-likeness (QED) is 0.703. The van der Waals surface area contributed by atoms with Crippen LogP contribution in [-0.2, 0) is 16.1 Å². The molecule has 2 aromatic heterocycles. The van der Waals surface area contributed by atoms with Crippen LogP contribution >= 0.6 is 0 Å². The van der Waals surface area contributed by atoms with E-state index < -0.39 is 10.8 Å². The first kappa shape index (κ1) is 20.0. The molecule has 2 bridgehead atoms. The average Bonchev–Trinajstić information content (AvgIpc) is 3.22. The third-order valence-electron chi connectivity index (χ3n) is 8.49. The normalized spacial score (nSPS) is 26.8. The Hall–Kier alpha value is -2.96. The second kappa shape index (κ2) is 6.28. The molecule has 2 aliphatic rings. The van der Waals surface area contributed by atoms with Gasteiger partial charge in [-0.2, -0.15) is 0 Å². The molecule has 2 fully saturated rings. The van der Waals surface area contributed by atoms with Gasteiger partial charge in [0.05, 0.1) is 17.5 Å².